The second kappa shape index (κ2) is 11.2. The molecule has 3 heterocycles. The molecule has 0 bridgehead atoms. The van der Waals surface area contributed by atoms with Crippen LogP contribution in [0.2, 0.25) is 0 Å². The number of unbranched alkanes of at least 4 members (excludes halogenated alkanes) is 2. The molecule has 5 nitrogen and oxygen atoms in total. The van der Waals surface area contributed by atoms with E-state index in [0.717, 1.165) is 68.8 Å². The molecular weight excluding hydrogens is 400 g/mol. The molecule has 4 rings (SSSR count). The third kappa shape index (κ3) is 5.90. The van der Waals surface area contributed by atoms with Crippen molar-refractivity contribution < 1.29 is 14.3 Å². The molecular formula is C27H34N2O3. The summed E-state index contributed by atoms with van der Waals surface area (Å²) in [6.07, 6.45) is 12.2. The maximum Gasteiger partial charge on any atom is 0.306 e. The quantitative estimate of drug-likeness (QED) is 0.309. The smallest absolute Gasteiger partial charge is 0.306 e. The van der Waals surface area contributed by atoms with Crippen molar-refractivity contribution in [3.8, 4) is 5.75 Å². The van der Waals surface area contributed by atoms with Crippen molar-refractivity contribution in [1.82, 2.24) is 4.98 Å². The van der Waals surface area contributed by atoms with Crippen LogP contribution >= 0.6 is 0 Å². The number of rotatable bonds is 10. The molecule has 0 saturated carbocycles. The van der Waals surface area contributed by atoms with E-state index in [4.69, 9.17) is 14.5 Å². The molecule has 170 valence electrons. The van der Waals surface area contributed by atoms with Crippen molar-refractivity contribution in [1.29, 1.82) is 0 Å². The fourth-order valence-corrected chi connectivity index (χ4v) is 4.45. The van der Waals surface area contributed by atoms with Crippen LogP contribution in [0.25, 0.3) is 0 Å². The lowest BCUT2D eigenvalue weighted by atomic mass is 9.93. The van der Waals surface area contributed by atoms with Gasteiger partial charge in [0.05, 0.1) is 19.6 Å². The van der Waals surface area contributed by atoms with E-state index in [9.17, 15) is 4.79 Å². The highest BCUT2D eigenvalue weighted by atomic mass is 16.5. The van der Waals surface area contributed by atoms with Gasteiger partial charge in [-0.15, -0.1) is 0 Å². The molecule has 0 spiro atoms. The molecule has 2 aromatic rings. The van der Waals surface area contributed by atoms with Crippen LogP contribution in [0.15, 0.2) is 42.5 Å². The first kappa shape index (κ1) is 22.4. The molecule has 0 fully saturated rings. The summed E-state index contributed by atoms with van der Waals surface area (Å²) >= 11 is 0. The Labute approximate surface area is 191 Å². The maximum absolute atomic E-state index is 12.2. The normalized spacial score (nSPS) is 15.5. The van der Waals surface area contributed by atoms with Gasteiger partial charge in [0.1, 0.15) is 11.6 Å². The third-order valence-corrected chi connectivity index (χ3v) is 6.21. The number of ether oxygens (including phenoxy) is 2. The minimum atomic E-state index is -0.157. The summed E-state index contributed by atoms with van der Waals surface area (Å²) in [5, 5.41) is 3.41. The number of carbonyl (C=O) groups excluding carboxylic acids is 1. The fourth-order valence-electron chi connectivity index (χ4n) is 4.45. The van der Waals surface area contributed by atoms with E-state index in [2.05, 4.69) is 47.8 Å². The number of allylic oxidation sites excluding steroid dienone is 2. The fraction of sp³-hybridized carbons (Fsp3) is 0.481. The molecule has 5 heteroatoms. The minimum absolute atomic E-state index is 0.0111. The summed E-state index contributed by atoms with van der Waals surface area (Å²) < 4.78 is 10.9. The van der Waals surface area contributed by atoms with Crippen molar-refractivity contribution in [2.75, 3.05) is 25.1 Å². The number of fused-ring (bicyclic) bond motifs is 2. The van der Waals surface area contributed by atoms with Gasteiger partial charge in [0.25, 0.3) is 0 Å². The number of nitrogens with one attached hydrogen (secondary N) is 1. The SMILES string of the molecule is CCOC(=O)C[C@@H](/C=C/CCCCc1ccc2c(n1)NCCC2)c1ccc2c(c1)OCC2. The lowest BCUT2D eigenvalue weighted by Gasteiger charge is -2.17. The first-order valence-corrected chi connectivity index (χ1v) is 12.0. The van der Waals surface area contributed by atoms with E-state index >= 15 is 0 Å². The Hall–Kier alpha value is -2.82. The van der Waals surface area contributed by atoms with Crippen molar-refractivity contribution in [2.45, 2.75) is 64.2 Å². The topological polar surface area (TPSA) is 60.5 Å². The van der Waals surface area contributed by atoms with Crippen molar-refractivity contribution in [2.24, 2.45) is 0 Å². The number of nitrogens with zero attached hydrogens (tertiary/aromatic N) is 1. The Morgan fingerprint density at radius 1 is 1.22 bits per heavy atom. The number of hydrogen-bond donors (Lipinski definition) is 1. The second-order valence-electron chi connectivity index (χ2n) is 8.60. The van der Waals surface area contributed by atoms with Crippen LogP contribution in [0.4, 0.5) is 5.82 Å². The molecule has 0 radical (unpaired) electrons. The molecule has 1 N–H and O–H groups in total. The Bertz CT molecular complexity index is 954. The zero-order valence-electron chi connectivity index (χ0n) is 19.1. The van der Waals surface area contributed by atoms with Gasteiger partial charge in [0, 0.05) is 24.6 Å². The highest BCUT2D eigenvalue weighted by Crippen LogP contribution is 2.31. The van der Waals surface area contributed by atoms with E-state index in [1.54, 1.807) is 0 Å². The second-order valence-corrected chi connectivity index (χ2v) is 8.60. The van der Waals surface area contributed by atoms with Gasteiger partial charge in [-0.3, -0.25) is 4.79 Å². The molecule has 2 aliphatic rings. The lowest BCUT2D eigenvalue weighted by molar-refractivity contribution is -0.143. The first-order valence-electron chi connectivity index (χ1n) is 12.0. The van der Waals surface area contributed by atoms with Gasteiger partial charge < -0.3 is 14.8 Å². The van der Waals surface area contributed by atoms with Crippen LogP contribution in [-0.4, -0.2) is 30.7 Å². The van der Waals surface area contributed by atoms with Crippen LogP contribution in [-0.2, 0) is 28.8 Å². The lowest BCUT2D eigenvalue weighted by Crippen LogP contribution is -2.13. The number of benzene rings is 1. The number of hydrogen-bond acceptors (Lipinski definition) is 5. The van der Waals surface area contributed by atoms with Crippen LogP contribution in [0, 0.1) is 0 Å². The van der Waals surface area contributed by atoms with Crippen LogP contribution < -0.4 is 10.1 Å². The average Bonchev–Trinajstić information content (AvgIpc) is 3.28. The molecule has 2 aliphatic heterocycles. The summed E-state index contributed by atoms with van der Waals surface area (Å²) in [6.45, 7) is 4.03. The van der Waals surface area contributed by atoms with Gasteiger partial charge in [-0.2, -0.15) is 0 Å². The van der Waals surface area contributed by atoms with Gasteiger partial charge in [-0.25, -0.2) is 4.98 Å². The zero-order valence-corrected chi connectivity index (χ0v) is 19.1. The molecule has 0 unspecified atom stereocenters. The standard InChI is InChI=1S/C27H34N2O3/c1-2-31-26(30)19-22(23-12-11-20-15-17-32-25(20)18-23)8-5-3-4-6-10-24-14-13-21-9-7-16-28-27(21)29-24/h5,8,11-14,18,22H,2-4,6-7,9-10,15-17,19H2,1H3,(H,28,29)/b8-5+/t22-/m1/s1. The predicted octanol–water partition coefficient (Wildman–Crippen LogP) is 5.38. The highest BCUT2D eigenvalue weighted by Gasteiger charge is 2.18. The molecule has 1 aromatic heterocycles. The summed E-state index contributed by atoms with van der Waals surface area (Å²) in [5.41, 5.74) is 4.87. The van der Waals surface area contributed by atoms with Crippen LogP contribution in [0.3, 0.4) is 0 Å². The maximum atomic E-state index is 12.2. The van der Waals surface area contributed by atoms with Gasteiger partial charge in [-0.1, -0.05) is 30.4 Å². The third-order valence-electron chi connectivity index (χ3n) is 6.21. The van der Waals surface area contributed by atoms with Gasteiger partial charge in [-0.05, 0) is 74.3 Å². The Balaban J connectivity index is 1.30. The summed E-state index contributed by atoms with van der Waals surface area (Å²) in [6, 6.07) is 10.7. The number of carbonyl (C=O) groups is 1. The molecule has 1 aromatic carbocycles. The molecule has 0 amide bonds. The van der Waals surface area contributed by atoms with Gasteiger partial charge >= 0.3 is 5.97 Å². The molecule has 32 heavy (non-hydrogen) atoms. The van der Waals surface area contributed by atoms with E-state index < -0.39 is 0 Å². The average molecular weight is 435 g/mol. The van der Waals surface area contributed by atoms with E-state index in [-0.39, 0.29) is 11.9 Å². The van der Waals surface area contributed by atoms with Crippen LogP contribution in [0.1, 0.15) is 67.3 Å². The summed E-state index contributed by atoms with van der Waals surface area (Å²) in [5.74, 6) is 1.89. The minimum Gasteiger partial charge on any atom is -0.493 e. The number of aryl methyl sites for hydroxylation is 2. The Kier molecular flexibility index (Phi) is 7.81. The monoisotopic (exact) mass is 434 g/mol. The predicted molar refractivity (Wildman–Crippen MR) is 127 cm³/mol. The van der Waals surface area contributed by atoms with Crippen LogP contribution in [0.5, 0.6) is 5.75 Å². The number of esters is 1. The highest BCUT2D eigenvalue weighted by molar-refractivity contribution is 5.71. The summed E-state index contributed by atoms with van der Waals surface area (Å²) in [7, 11) is 0. The molecule has 0 saturated heterocycles. The number of pyridine rings is 1. The van der Waals surface area contributed by atoms with Crippen molar-refractivity contribution >= 4 is 11.8 Å². The van der Waals surface area contributed by atoms with Crippen molar-refractivity contribution in [3.63, 3.8) is 0 Å². The van der Waals surface area contributed by atoms with E-state index in [1.807, 2.05) is 6.92 Å². The summed E-state index contributed by atoms with van der Waals surface area (Å²) in [4.78, 5) is 16.9. The Morgan fingerprint density at radius 3 is 3.03 bits per heavy atom. The Morgan fingerprint density at radius 2 is 2.12 bits per heavy atom. The molecule has 1 atom stereocenters. The number of anilines is 1. The zero-order chi connectivity index (χ0) is 22.2. The number of aromatic nitrogens is 1. The van der Waals surface area contributed by atoms with Gasteiger partial charge in [0.15, 0.2) is 0 Å². The van der Waals surface area contributed by atoms with Gasteiger partial charge in [0.2, 0.25) is 0 Å². The molecule has 0 aliphatic carbocycles. The largest absolute Gasteiger partial charge is 0.493 e. The first-order chi connectivity index (χ1) is 15.7. The van der Waals surface area contributed by atoms with Crippen molar-refractivity contribution in [3.05, 3.63) is 64.9 Å². The van der Waals surface area contributed by atoms with E-state index in [0.29, 0.717) is 13.0 Å². The van der Waals surface area contributed by atoms with E-state index in [1.165, 1.54) is 23.2 Å².